The van der Waals surface area contributed by atoms with E-state index in [0.29, 0.717) is 0 Å². The highest BCUT2D eigenvalue weighted by Crippen LogP contribution is 2.31. The van der Waals surface area contributed by atoms with Gasteiger partial charge in [-0.05, 0) is 29.5 Å². The molecule has 21 heavy (non-hydrogen) atoms. The maximum Gasteiger partial charge on any atom is 0.0734 e. The first-order valence-corrected chi connectivity index (χ1v) is 7.14. The molecule has 1 aromatic heterocycles. The van der Waals surface area contributed by atoms with Crippen LogP contribution in [0.2, 0.25) is 5.02 Å². The fourth-order valence-corrected chi connectivity index (χ4v) is 2.84. The minimum absolute atomic E-state index is 0.151. The van der Waals surface area contributed by atoms with E-state index in [-0.39, 0.29) is 6.04 Å². The van der Waals surface area contributed by atoms with Gasteiger partial charge in [0.25, 0.3) is 0 Å². The second-order valence-electron chi connectivity index (χ2n) is 5.00. The molecule has 0 aliphatic carbocycles. The van der Waals surface area contributed by atoms with Crippen LogP contribution in [0, 0.1) is 6.92 Å². The van der Waals surface area contributed by atoms with Crippen molar-refractivity contribution in [2.45, 2.75) is 13.0 Å². The molecule has 4 heteroatoms. The highest BCUT2D eigenvalue weighted by molar-refractivity contribution is 6.31. The van der Waals surface area contributed by atoms with Crippen molar-refractivity contribution in [1.82, 2.24) is 10.4 Å². The third-order valence-electron chi connectivity index (χ3n) is 3.80. The predicted molar refractivity (Wildman–Crippen MR) is 87.1 cm³/mol. The molecule has 0 saturated heterocycles. The zero-order valence-corrected chi connectivity index (χ0v) is 12.4. The van der Waals surface area contributed by atoms with Gasteiger partial charge >= 0.3 is 0 Å². The van der Waals surface area contributed by atoms with E-state index in [0.717, 1.165) is 32.5 Å². The van der Waals surface area contributed by atoms with Crippen LogP contribution in [0.1, 0.15) is 22.7 Å². The van der Waals surface area contributed by atoms with E-state index in [1.54, 1.807) is 0 Å². The lowest BCUT2D eigenvalue weighted by Crippen LogP contribution is -2.29. The molecule has 3 aromatic rings. The third-order valence-corrected chi connectivity index (χ3v) is 4.21. The number of fused-ring (bicyclic) bond motifs is 1. The summed E-state index contributed by atoms with van der Waals surface area (Å²) >= 11 is 6.24. The van der Waals surface area contributed by atoms with Crippen LogP contribution in [0.15, 0.2) is 54.9 Å². The molecular weight excluding hydrogens is 282 g/mol. The number of nitrogens with two attached hydrogens (primary N) is 1. The molecule has 0 saturated carbocycles. The third kappa shape index (κ3) is 2.51. The van der Waals surface area contributed by atoms with Gasteiger partial charge in [0.2, 0.25) is 0 Å². The van der Waals surface area contributed by atoms with Crippen LogP contribution in [-0.4, -0.2) is 4.98 Å². The van der Waals surface area contributed by atoms with E-state index < -0.39 is 0 Å². The number of pyridine rings is 1. The summed E-state index contributed by atoms with van der Waals surface area (Å²) in [6, 6.07) is 13.9. The maximum absolute atomic E-state index is 6.24. The van der Waals surface area contributed by atoms with E-state index >= 15 is 0 Å². The molecule has 0 aliphatic rings. The van der Waals surface area contributed by atoms with Crippen LogP contribution in [0.25, 0.3) is 10.8 Å². The Labute approximate surface area is 128 Å². The van der Waals surface area contributed by atoms with Gasteiger partial charge in [-0.3, -0.25) is 10.8 Å². The van der Waals surface area contributed by atoms with Crippen LogP contribution in [0.4, 0.5) is 0 Å². The normalized spacial score (nSPS) is 12.5. The Balaban J connectivity index is 2.21. The van der Waals surface area contributed by atoms with E-state index in [4.69, 9.17) is 17.4 Å². The molecule has 3 N–H and O–H groups in total. The van der Waals surface area contributed by atoms with Crippen molar-refractivity contribution in [3.05, 3.63) is 76.6 Å². The van der Waals surface area contributed by atoms with Crippen molar-refractivity contribution < 1.29 is 0 Å². The molecule has 0 amide bonds. The predicted octanol–water partition coefficient (Wildman–Crippen LogP) is 3.75. The van der Waals surface area contributed by atoms with E-state index in [1.807, 2.05) is 55.7 Å². The summed E-state index contributed by atoms with van der Waals surface area (Å²) in [6.45, 7) is 2.00. The van der Waals surface area contributed by atoms with Crippen molar-refractivity contribution in [3.63, 3.8) is 0 Å². The first kappa shape index (κ1) is 14.0. The molecule has 0 aliphatic heterocycles. The van der Waals surface area contributed by atoms with Gasteiger partial charge in [0, 0.05) is 28.4 Å². The van der Waals surface area contributed by atoms with Gasteiger partial charge < -0.3 is 0 Å². The second-order valence-corrected chi connectivity index (χ2v) is 5.41. The topological polar surface area (TPSA) is 50.9 Å². The molecule has 0 fully saturated rings. The summed E-state index contributed by atoms with van der Waals surface area (Å²) in [7, 11) is 0. The standard InChI is InChI=1S/C17H16ClN3/c1-11-13(7-4-8-16(11)18)17(21-19)15-10-20-9-12-5-2-3-6-14(12)15/h2-10,17,21H,19H2,1H3. The van der Waals surface area contributed by atoms with Gasteiger partial charge in [0.05, 0.1) is 6.04 Å². The number of hydrogen-bond acceptors (Lipinski definition) is 3. The van der Waals surface area contributed by atoms with Crippen LogP contribution in [-0.2, 0) is 0 Å². The van der Waals surface area contributed by atoms with E-state index in [9.17, 15) is 0 Å². The number of benzene rings is 2. The molecule has 0 radical (unpaired) electrons. The summed E-state index contributed by atoms with van der Waals surface area (Å²) in [5, 5.41) is 2.96. The van der Waals surface area contributed by atoms with Gasteiger partial charge in [-0.15, -0.1) is 0 Å². The molecule has 3 nitrogen and oxygen atoms in total. The Bertz CT molecular complexity index is 781. The molecule has 0 bridgehead atoms. The quantitative estimate of drug-likeness (QED) is 0.572. The average molecular weight is 298 g/mol. The zero-order valence-electron chi connectivity index (χ0n) is 11.7. The monoisotopic (exact) mass is 297 g/mol. The Morgan fingerprint density at radius 1 is 1.05 bits per heavy atom. The van der Waals surface area contributed by atoms with E-state index in [1.165, 1.54) is 0 Å². The smallest absolute Gasteiger partial charge is 0.0734 e. The summed E-state index contributed by atoms with van der Waals surface area (Å²) in [4.78, 5) is 4.33. The van der Waals surface area contributed by atoms with Gasteiger partial charge in [-0.1, -0.05) is 48.0 Å². The second kappa shape index (κ2) is 5.82. The molecule has 3 rings (SSSR count). The highest BCUT2D eigenvalue weighted by atomic mass is 35.5. The largest absolute Gasteiger partial charge is 0.271 e. The Kier molecular flexibility index (Phi) is 3.88. The molecule has 1 atom stereocenters. The Hall–Kier alpha value is -1.94. The minimum atomic E-state index is -0.151. The first-order chi connectivity index (χ1) is 10.2. The van der Waals surface area contributed by atoms with Crippen LogP contribution in [0.3, 0.4) is 0 Å². The minimum Gasteiger partial charge on any atom is -0.271 e. The molecule has 1 unspecified atom stereocenters. The summed E-state index contributed by atoms with van der Waals surface area (Å²) in [5.41, 5.74) is 6.02. The molecule has 106 valence electrons. The number of aromatic nitrogens is 1. The lowest BCUT2D eigenvalue weighted by atomic mass is 9.93. The summed E-state index contributed by atoms with van der Waals surface area (Å²) in [6.07, 6.45) is 3.71. The number of halogens is 1. The Morgan fingerprint density at radius 2 is 1.86 bits per heavy atom. The molecule has 1 heterocycles. The lowest BCUT2D eigenvalue weighted by Gasteiger charge is -2.21. The number of nitrogens with one attached hydrogen (secondary N) is 1. The summed E-state index contributed by atoms with van der Waals surface area (Å²) in [5.74, 6) is 5.83. The van der Waals surface area contributed by atoms with Gasteiger partial charge in [0.1, 0.15) is 0 Å². The van der Waals surface area contributed by atoms with Crippen molar-refractivity contribution in [3.8, 4) is 0 Å². The fraction of sp³-hybridized carbons (Fsp3) is 0.118. The van der Waals surface area contributed by atoms with Crippen LogP contribution < -0.4 is 11.3 Å². The van der Waals surface area contributed by atoms with Crippen molar-refractivity contribution in [2.24, 2.45) is 5.84 Å². The van der Waals surface area contributed by atoms with Crippen molar-refractivity contribution in [1.29, 1.82) is 0 Å². The van der Waals surface area contributed by atoms with Gasteiger partial charge in [0.15, 0.2) is 0 Å². The van der Waals surface area contributed by atoms with Crippen molar-refractivity contribution in [2.75, 3.05) is 0 Å². The highest BCUT2D eigenvalue weighted by Gasteiger charge is 2.18. The summed E-state index contributed by atoms with van der Waals surface area (Å²) < 4.78 is 0. The van der Waals surface area contributed by atoms with Crippen LogP contribution in [0.5, 0.6) is 0 Å². The number of hydrogen-bond donors (Lipinski definition) is 2. The number of hydrazine groups is 1. The first-order valence-electron chi connectivity index (χ1n) is 6.76. The number of rotatable bonds is 3. The average Bonchev–Trinajstić information content (AvgIpc) is 2.52. The van der Waals surface area contributed by atoms with Crippen LogP contribution >= 0.6 is 11.6 Å². The van der Waals surface area contributed by atoms with Crippen molar-refractivity contribution >= 4 is 22.4 Å². The van der Waals surface area contributed by atoms with Gasteiger partial charge in [-0.25, -0.2) is 5.43 Å². The molecular formula is C17H16ClN3. The molecule has 0 spiro atoms. The SMILES string of the molecule is Cc1c(Cl)cccc1C(NN)c1cncc2ccccc12. The fourth-order valence-electron chi connectivity index (χ4n) is 2.65. The Morgan fingerprint density at radius 3 is 2.67 bits per heavy atom. The lowest BCUT2D eigenvalue weighted by molar-refractivity contribution is 0.636. The maximum atomic E-state index is 6.24. The molecule has 2 aromatic carbocycles. The zero-order chi connectivity index (χ0) is 14.8. The van der Waals surface area contributed by atoms with Gasteiger partial charge in [-0.2, -0.15) is 0 Å². The van der Waals surface area contributed by atoms with E-state index in [2.05, 4.69) is 16.5 Å². The number of nitrogens with zero attached hydrogens (tertiary/aromatic N) is 1.